The topological polar surface area (TPSA) is 38.3 Å². The van der Waals surface area contributed by atoms with E-state index in [0.29, 0.717) is 6.42 Å². The Balaban J connectivity index is 2.60. The summed E-state index contributed by atoms with van der Waals surface area (Å²) in [5, 5.41) is 2.97. The van der Waals surface area contributed by atoms with Crippen LogP contribution in [0, 0.1) is 0 Å². The SMILES string of the molecule is CCC1(C)CCC(=O)Nc2c(OC)cccc21. The third-order valence-corrected chi connectivity index (χ3v) is 3.84. The minimum Gasteiger partial charge on any atom is -0.495 e. The van der Waals surface area contributed by atoms with Gasteiger partial charge >= 0.3 is 0 Å². The van der Waals surface area contributed by atoms with Crippen LogP contribution in [0.2, 0.25) is 0 Å². The van der Waals surface area contributed by atoms with Crippen molar-refractivity contribution in [2.24, 2.45) is 0 Å². The molecule has 1 unspecified atom stereocenters. The Labute approximate surface area is 102 Å². The second-order valence-electron chi connectivity index (χ2n) is 4.85. The minimum absolute atomic E-state index is 0.0447. The molecule has 17 heavy (non-hydrogen) atoms. The highest BCUT2D eigenvalue weighted by atomic mass is 16.5. The number of hydrogen-bond donors (Lipinski definition) is 1. The number of para-hydroxylation sites is 1. The molecule has 1 amide bonds. The highest BCUT2D eigenvalue weighted by Crippen LogP contribution is 2.43. The van der Waals surface area contributed by atoms with Crippen LogP contribution in [-0.4, -0.2) is 13.0 Å². The van der Waals surface area contributed by atoms with Gasteiger partial charge in [0, 0.05) is 6.42 Å². The van der Waals surface area contributed by atoms with Crippen molar-refractivity contribution in [3.63, 3.8) is 0 Å². The molecule has 2 rings (SSSR count). The number of hydrogen-bond acceptors (Lipinski definition) is 2. The molecular weight excluding hydrogens is 214 g/mol. The van der Waals surface area contributed by atoms with E-state index < -0.39 is 0 Å². The Hall–Kier alpha value is -1.51. The first-order valence-electron chi connectivity index (χ1n) is 6.08. The van der Waals surface area contributed by atoms with Crippen molar-refractivity contribution >= 4 is 11.6 Å². The summed E-state index contributed by atoms with van der Waals surface area (Å²) in [6.07, 6.45) is 2.47. The van der Waals surface area contributed by atoms with Crippen molar-refractivity contribution in [1.29, 1.82) is 0 Å². The highest BCUT2D eigenvalue weighted by molar-refractivity contribution is 5.94. The fourth-order valence-electron chi connectivity index (χ4n) is 2.43. The molecule has 3 heteroatoms. The summed E-state index contributed by atoms with van der Waals surface area (Å²) in [6.45, 7) is 4.38. The summed E-state index contributed by atoms with van der Waals surface area (Å²) in [5.41, 5.74) is 2.08. The smallest absolute Gasteiger partial charge is 0.224 e. The van der Waals surface area contributed by atoms with E-state index in [9.17, 15) is 4.79 Å². The van der Waals surface area contributed by atoms with Gasteiger partial charge in [0.2, 0.25) is 5.91 Å². The lowest BCUT2D eigenvalue weighted by atomic mass is 9.76. The van der Waals surface area contributed by atoms with Crippen molar-refractivity contribution in [2.75, 3.05) is 12.4 Å². The van der Waals surface area contributed by atoms with E-state index in [2.05, 4.69) is 25.2 Å². The summed E-state index contributed by atoms with van der Waals surface area (Å²) < 4.78 is 5.34. The Morgan fingerprint density at radius 3 is 2.88 bits per heavy atom. The quantitative estimate of drug-likeness (QED) is 0.852. The summed E-state index contributed by atoms with van der Waals surface area (Å²) >= 11 is 0. The molecule has 1 atom stereocenters. The van der Waals surface area contributed by atoms with Crippen LogP contribution in [-0.2, 0) is 10.2 Å². The van der Waals surface area contributed by atoms with Gasteiger partial charge in [-0.1, -0.05) is 26.0 Å². The first kappa shape index (κ1) is 12.0. The third-order valence-electron chi connectivity index (χ3n) is 3.84. The number of rotatable bonds is 2. The van der Waals surface area contributed by atoms with Crippen molar-refractivity contribution in [1.82, 2.24) is 0 Å². The van der Waals surface area contributed by atoms with Crippen molar-refractivity contribution in [3.8, 4) is 5.75 Å². The molecule has 0 spiro atoms. The molecule has 0 aliphatic carbocycles. The molecule has 1 N–H and O–H groups in total. The average molecular weight is 233 g/mol. The van der Waals surface area contributed by atoms with Gasteiger partial charge in [-0.3, -0.25) is 4.79 Å². The second-order valence-corrected chi connectivity index (χ2v) is 4.85. The zero-order valence-electron chi connectivity index (χ0n) is 10.7. The van der Waals surface area contributed by atoms with E-state index in [1.54, 1.807) is 7.11 Å². The Kier molecular flexibility index (Phi) is 3.09. The molecule has 1 aromatic carbocycles. The highest BCUT2D eigenvalue weighted by Gasteiger charge is 2.32. The monoisotopic (exact) mass is 233 g/mol. The molecular formula is C14H19NO2. The zero-order chi connectivity index (χ0) is 12.5. The van der Waals surface area contributed by atoms with Crippen molar-refractivity contribution in [2.45, 2.75) is 38.5 Å². The molecule has 0 radical (unpaired) electrons. The lowest BCUT2D eigenvalue weighted by Gasteiger charge is -2.28. The maximum atomic E-state index is 11.8. The first-order valence-corrected chi connectivity index (χ1v) is 6.08. The van der Waals surface area contributed by atoms with Gasteiger partial charge in [-0.25, -0.2) is 0 Å². The Morgan fingerprint density at radius 1 is 1.47 bits per heavy atom. The van der Waals surface area contributed by atoms with E-state index >= 15 is 0 Å². The molecule has 1 aliphatic heterocycles. The fraction of sp³-hybridized carbons (Fsp3) is 0.500. The molecule has 3 nitrogen and oxygen atoms in total. The van der Waals surface area contributed by atoms with Crippen LogP contribution in [0.25, 0.3) is 0 Å². The number of fused-ring (bicyclic) bond motifs is 1. The summed E-state index contributed by atoms with van der Waals surface area (Å²) in [7, 11) is 1.63. The maximum Gasteiger partial charge on any atom is 0.224 e. The van der Waals surface area contributed by atoms with Gasteiger partial charge in [0.15, 0.2) is 0 Å². The number of carbonyl (C=O) groups excluding carboxylic acids is 1. The number of nitrogens with one attached hydrogen (secondary N) is 1. The van der Waals surface area contributed by atoms with Gasteiger partial charge in [0.1, 0.15) is 5.75 Å². The predicted molar refractivity (Wildman–Crippen MR) is 68.5 cm³/mol. The van der Waals surface area contributed by atoms with Crippen LogP contribution in [0.4, 0.5) is 5.69 Å². The Bertz CT molecular complexity index is 442. The number of methoxy groups -OCH3 is 1. The van der Waals surface area contributed by atoms with Gasteiger partial charge in [0.05, 0.1) is 12.8 Å². The molecule has 0 saturated carbocycles. The van der Waals surface area contributed by atoms with Crippen molar-refractivity contribution in [3.05, 3.63) is 23.8 Å². The summed E-state index contributed by atoms with van der Waals surface area (Å²) in [6, 6.07) is 5.97. The molecule has 0 aromatic heterocycles. The largest absolute Gasteiger partial charge is 0.495 e. The lowest BCUT2D eigenvalue weighted by Crippen LogP contribution is -2.20. The fourth-order valence-corrected chi connectivity index (χ4v) is 2.43. The van der Waals surface area contributed by atoms with Crippen LogP contribution in [0.3, 0.4) is 0 Å². The predicted octanol–water partition coefficient (Wildman–Crippen LogP) is 3.10. The molecule has 1 heterocycles. The maximum absolute atomic E-state index is 11.8. The molecule has 0 bridgehead atoms. The first-order chi connectivity index (χ1) is 8.10. The van der Waals surface area contributed by atoms with Gasteiger partial charge in [-0.05, 0) is 29.9 Å². The van der Waals surface area contributed by atoms with Gasteiger partial charge in [-0.15, -0.1) is 0 Å². The number of benzene rings is 1. The molecule has 0 fully saturated rings. The molecule has 92 valence electrons. The van der Waals surface area contributed by atoms with Crippen LogP contribution in [0.1, 0.15) is 38.7 Å². The van der Waals surface area contributed by atoms with E-state index in [1.165, 1.54) is 5.56 Å². The third kappa shape index (κ3) is 2.02. The van der Waals surface area contributed by atoms with Crippen LogP contribution in [0.15, 0.2) is 18.2 Å². The van der Waals surface area contributed by atoms with Gasteiger partial charge in [-0.2, -0.15) is 0 Å². The normalized spacial score (nSPS) is 23.6. The minimum atomic E-state index is 0.0447. The molecule has 1 aliphatic rings. The Morgan fingerprint density at radius 2 is 2.24 bits per heavy atom. The average Bonchev–Trinajstić information content (AvgIpc) is 2.48. The van der Waals surface area contributed by atoms with E-state index in [0.717, 1.165) is 24.3 Å². The van der Waals surface area contributed by atoms with E-state index in [4.69, 9.17) is 4.74 Å². The number of carbonyl (C=O) groups is 1. The second kappa shape index (κ2) is 4.40. The van der Waals surface area contributed by atoms with E-state index in [-0.39, 0.29) is 11.3 Å². The lowest BCUT2D eigenvalue weighted by molar-refractivity contribution is -0.116. The summed E-state index contributed by atoms with van der Waals surface area (Å²) in [5.74, 6) is 0.824. The summed E-state index contributed by atoms with van der Waals surface area (Å²) in [4.78, 5) is 11.8. The molecule has 1 aromatic rings. The van der Waals surface area contributed by atoms with Crippen LogP contribution in [0.5, 0.6) is 5.75 Å². The molecule has 0 saturated heterocycles. The van der Waals surface area contributed by atoms with Gasteiger partial charge < -0.3 is 10.1 Å². The number of anilines is 1. The van der Waals surface area contributed by atoms with Crippen molar-refractivity contribution < 1.29 is 9.53 Å². The standard InChI is InChI=1S/C14H19NO2/c1-4-14(2)9-8-12(16)15-13-10(14)6-5-7-11(13)17-3/h5-7H,4,8-9H2,1-3H3,(H,15,16). The number of amides is 1. The van der Waals surface area contributed by atoms with Gasteiger partial charge in [0.25, 0.3) is 0 Å². The number of ether oxygens (including phenoxy) is 1. The van der Waals surface area contributed by atoms with Crippen LogP contribution >= 0.6 is 0 Å². The van der Waals surface area contributed by atoms with E-state index in [1.807, 2.05) is 12.1 Å². The van der Waals surface area contributed by atoms with Crippen LogP contribution < -0.4 is 10.1 Å². The zero-order valence-corrected chi connectivity index (χ0v) is 10.7.